The number of anilines is 2. The van der Waals surface area contributed by atoms with E-state index in [2.05, 4.69) is 12.2 Å². The number of hydrogen-bond acceptors (Lipinski definition) is 4. The molecule has 0 spiro atoms. The van der Waals surface area contributed by atoms with Gasteiger partial charge in [0.15, 0.2) is 0 Å². The van der Waals surface area contributed by atoms with Gasteiger partial charge in [0.1, 0.15) is 16.5 Å². The molecule has 1 saturated heterocycles. The van der Waals surface area contributed by atoms with Crippen molar-refractivity contribution in [2.75, 3.05) is 23.3 Å². The molecule has 0 unspecified atom stereocenters. The molecule has 1 fully saturated rings. The molecule has 8 heteroatoms. The summed E-state index contributed by atoms with van der Waals surface area (Å²) < 4.78 is 14.1. The average Bonchev–Trinajstić information content (AvgIpc) is 2.98. The number of nitrogens with zero attached hydrogens (tertiary/aromatic N) is 2. The van der Waals surface area contributed by atoms with Gasteiger partial charge in [0.25, 0.3) is 17.7 Å². The van der Waals surface area contributed by atoms with E-state index in [4.69, 9.17) is 11.6 Å². The molecule has 3 amide bonds. The standard InChI is InChI=1S/C23H21ClFN3O3/c1-14-9-11-27(12-10-14)21(29)15-5-4-6-16(13-15)26-20-19(24)22(30)28(23(20)31)18-8-3-2-7-17(18)25/h2-8,13-14,26H,9-12H2,1H3. The van der Waals surface area contributed by atoms with Crippen molar-refractivity contribution >= 4 is 40.7 Å². The Morgan fingerprint density at radius 3 is 2.48 bits per heavy atom. The second kappa shape index (κ2) is 8.51. The van der Waals surface area contributed by atoms with E-state index < -0.39 is 17.6 Å². The third-order valence-corrected chi connectivity index (χ3v) is 5.92. The summed E-state index contributed by atoms with van der Waals surface area (Å²) in [5, 5.41) is 2.50. The Kier molecular flexibility index (Phi) is 5.78. The number of likely N-dealkylation sites (tertiary alicyclic amines) is 1. The predicted molar refractivity (Wildman–Crippen MR) is 116 cm³/mol. The van der Waals surface area contributed by atoms with Crippen LogP contribution in [0.2, 0.25) is 0 Å². The van der Waals surface area contributed by atoms with E-state index in [9.17, 15) is 18.8 Å². The zero-order valence-electron chi connectivity index (χ0n) is 16.9. The van der Waals surface area contributed by atoms with Crippen molar-refractivity contribution in [2.45, 2.75) is 19.8 Å². The Morgan fingerprint density at radius 2 is 1.77 bits per heavy atom. The van der Waals surface area contributed by atoms with E-state index >= 15 is 0 Å². The van der Waals surface area contributed by atoms with E-state index in [0.717, 1.165) is 18.9 Å². The van der Waals surface area contributed by atoms with Gasteiger partial charge in [-0.15, -0.1) is 0 Å². The van der Waals surface area contributed by atoms with E-state index in [0.29, 0.717) is 35.2 Å². The van der Waals surface area contributed by atoms with Gasteiger partial charge in [-0.05, 0) is 49.1 Å². The number of benzene rings is 2. The summed E-state index contributed by atoms with van der Waals surface area (Å²) in [7, 11) is 0. The van der Waals surface area contributed by atoms with Crippen LogP contribution in [0.15, 0.2) is 59.3 Å². The molecular formula is C23H21ClFN3O3. The normalized spacial score (nSPS) is 17.5. The van der Waals surface area contributed by atoms with Gasteiger partial charge >= 0.3 is 0 Å². The highest BCUT2D eigenvalue weighted by Gasteiger charge is 2.40. The quantitative estimate of drug-likeness (QED) is 0.724. The molecule has 2 aliphatic rings. The largest absolute Gasteiger partial charge is 0.350 e. The van der Waals surface area contributed by atoms with Gasteiger partial charge in [-0.1, -0.05) is 36.7 Å². The second-order valence-corrected chi connectivity index (χ2v) is 8.14. The molecule has 6 nitrogen and oxygen atoms in total. The Balaban J connectivity index is 1.55. The summed E-state index contributed by atoms with van der Waals surface area (Å²) in [5.41, 5.74) is 0.571. The molecule has 2 heterocycles. The molecule has 31 heavy (non-hydrogen) atoms. The molecule has 2 aliphatic heterocycles. The van der Waals surface area contributed by atoms with Crippen LogP contribution in [0, 0.1) is 11.7 Å². The van der Waals surface area contributed by atoms with Gasteiger partial charge in [0, 0.05) is 24.3 Å². The SMILES string of the molecule is CC1CCN(C(=O)c2cccc(NC3=C(Cl)C(=O)N(c4ccccc4F)C3=O)c2)CC1. The van der Waals surface area contributed by atoms with Crippen LogP contribution in [-0.2, 0) is 9.59 Å². The van der Waals surface area contributed by atoms with Gasteiger partial charge < -0.3 is 10.2 Å². The maximum Gasteiger partial charge on any atom is 0.283 e. The fraction of sp³-hybridized carbons (Fsp3) is 0.261. The van der Waals surface area contributed by atoms with E-state index in [-0.39, 0.29) is 22.3 Å². The lowest BCUT2D eigenvalue weighted by Crippen LogP contribution is -2.37. The van der Waals surface area contributed by atoms with Crippen molar-refractivity contribution in [3.63, 3.8) is 0 Å². The molecule has 1 N–H and O–H groups in total. The van der Waals surface area contributed by atoms with Crippen LogP contribution in [0.25, 0.3) is 0 Å². The third kappa shape index (κ3) is 4.05. The minimum Gasteiger partial charge on any atom is -0.350 e. The van der Waals surface area contributed by atoms with Crippen molar-refractivity contribution < 1.29 is 18.8 Å². The molecule has 0 atom stereocenters. The van der Waals surface area contributed by atoms with Crippen molar-refractivity contribution in [1.29, 1.82) is 0 Å². The number of para-hydroxylation sites is 1. The Hall–Kier alpha value is -3.19. The highest BCUT2D eigenvalue weighted by atomic mass is 35.5. The van der Waals surface area contributed by atoms with Crippen LogP contribution in [0.1, 0.15) is 30.1 Å². The number of amides is 3. The van der Waals surface area contributed by atoms with Gasteiger partial charge in [0.05, 0.1) is 5.69 Å². The molecule has 0 aromatic heterocycles. The Labute approximate surface area is 184 Å². The number of imide groups is 1. The molecule has 0 saturated carbocycles. The number of piperidine rings is 1. The molecule has 2 aromatic carbocycles. The zero-order chi connectivity index (χ0) is 22.1. The fourth-order valence-corrected chi connectivity index (χ4v) is 3.94. The fourth-order valence-electron chi connectivity index (χ4n) is 3.73. The molecule has 0 radical (unpaired) electrons. The lowest BCUT2D eigenvalue weighted by molar-refractivity contribution is -0.120. The number of carbonyl (C=O) groups is 3. The zero-order valence-corrected chi connectivity index (χ0v) is 17.7. The first-order chi connectivity index (χ1) is 14.9. The van der Waals surface area contributed by atoms with Crippen molar-refractivity contribution in [3.05, 3.63) is 70.6 Å². The minimum absolute atomic E-state index is 0.0857. The third-order valence-electron chi connectivity index (χ3n) is 5.57. The van der Waals surface area contributed by atoms with Gasteiger partial charge in [-0.3, -0.25) is 14.4 Å². The van der Waals surface area contributed by atoms with E-state index in [1.54, 1.807) is 24.3 Å². The van der Waals surface area contributed by atoms with Crippen molar-refractivity contribution in [2.24, 2.45) is 5.92 Å². The van der Waals surface area contributed by atoms with Crippen LogP contribution in [0.5, 0.6) is 0 Å². The summed E-state index contributed by atoms with van der Waals surface area (Å²) in [6.07, 6.45) is 1.93. The van der Waals surface area contributed by atoms with Crippen LogP contribution < -0.4 is 10.2 Å². The number of halogens is 2. The Bertz CT molecular complexity index is 1090. The van der Waals surface area contributed by atoms with E-state index in [1.807, 2.05) is 4.90 Å². The van der Waals surface area contributed by atoms with Crippen molar-refractivity contribution in [1.82, 2.24) is 4.90 Å². The van der Waals surface area contributed by atoms with Crippen LogP contribution in [-0.4, -0.2) is 35.7 Å². The van der Waals surface area contributed by atoms with Crippen molar-refractivity contribution in [3.8, 4) is 0 Å². The second-order valence-electron chi connectivity index (χ2n) is 7.77. The monoisotopic (exact) mass is 441 g/mol. The molecule has 0 bridgehead atoms. The highest BCUT2D eigenvalue weighted by Crippen LogP contribution is 2.31. The molecule has 0 aliphatic carbocycles. The van der Waals surface area contributed by atoms with Gasteiger partial charge in [-0.25, -0.2) is 9.29 Å². The number of nitrogens with one attached hydrogen (secondary N) is 1. The first kappa shape index (κ1) is 21.1. The summed E-state index contributed by atoms with van der Waals surface area (Å²) in [5.74, 6) is -1.76. The van der Waals surface area contributed by atoms with Gasteiger partial charge in [-0.2, -0.15) is 0 Å². The lowest BCUT2D eigenvalue weighted by atomic mass is 9.98. The van der Waals surface area contributed by atoms with Crippen LogP contribution in [0.4, 0.5) is 15.8 Å². The number of hydrogen-bond donors (Lipinski definition) is 1. The maximum atomic E-state index is 14.1. The molecular weight excluding hydrogens is 421 g/mol. The molecule has 4 rings (SSSR count). The topological polar surface area (TPSA) is 69.7 Å². The maximum absolute atomic E-state index is 14.1. The summed E-state index contributed by atoms with van der Waals surface area (Å²) in [6.45, 7) is 3.59. The Morgan fingerprint density at radius 1 is 1.06 bits per heavy atom. The first-order valence-electron chi connectivity index (χ1n) is 10.1. The highest BCUT2D eigenvalue weighted by molar-refractivity contribution is 6.53. The molecule has 2 aromatic rings. The van der Waals surface area contributed by atoms with Crippen LogP contribution in [0.3, 0.4) is 0 Å². The lowest BCUT2D eigenvalue weighted by Gasteiger charge is -2.30. The molecule has 160 valence electrons. The minimum atomic E-state index is -0.811. The summed E-state index contributed by atoms with van der Waals surface area (Å²) >= 11 is 6.12. The average molecular weight is 442 g/mol. The first-order valence-corrected chi connectivity index (χ1v) is 10.4. The predicted octanol–water partition coefficient (Wildman–Crippen LogP) is 4.13. The van der Waals surface area contributed by atoms with Gasteiger partial charge in [0.2, 0.25) is 0 Å². The van der Waals surface area contributed by atoms with Crippen LogP contribution >= 0.6 is 11.6 Å². The summed E-state index contributed by atoms with van der Waals surface area (Å²) in [4.78, 5) is 40.7. The van der Waals surface area contributed by atoms with E-state index in [1.165, 1.54) is 18.2 Å². The summed E-state index contributed by atoms with van der Waals surface area (Å²) in [6, 6.07) is 12.1. The smallest absolute Gasteiger partial charge is 0.283 e. The number of rotatable bonds is 4. The number of carbonyl (C=O) groups excluding carboxylic acids is 3.